The van der Waals surface area contributed by atoms with Gasteiger partial charge in [-0.05, 0) is 58.3 Å². The van der Waals surface area contributed by atoms with Crippen LogP contribution < -0.4 is 5.32 Å². The van der Waals surface area contributed by atoms with E-state index in [4.69, 9.17) is 4.74 Å². The number of nitrogens with one attached hydrogen (secondary N) is 1. The SMILES string of the molecule is CC(C)(C)c1ccc(NC(=O)COC(=O)C(=Cc2ccc(F)cc2)c2cccs2)cc1. The normalized spacial score (nSPS) is 11.8. The van der Waals surface area contributed by atoms with Gasteiger partial charge in [0, 0.05) is 10.6 Å². The molecular weight excluding hydrogens is 413 g/mol. The zero-order valence-electron chi connectivity index (χ0n) is 17.6. The summed E-state index contributed by atoms with van der Waals surface area (Å²) in [6.07, 6.45) is 1.62. The first-order valence-corrected chi connectivity index (χ1v) is 10.7. The van der Waals surface area contributed by atoms with Crippen LogP contribution in [0.1, 0.15) is 36.8 Å². The van der Waals surface area contributed by atoms with Gasteiger partial charge < -0.3 is 10.1 Å². The summed E-state index contributed by atoms with van der Waals surface area (Å²) in [5, 5.41) is 4.57. The van der Waals surface area contributed by atoms with Gasteiger partial charge >= 0.3 is 5.97 Å². The molecular formula is C25H24FNO3S. The van der Waals surface area contributed by atoms with E-state index in [-0.39, 0.29) is 11.2 Å². The number of carbonyl (C=O) groups excluding carboxylic acids is 2. The molecule has 4 nitrogen and oxygen atoms in total. The fraction of sp³-hybridized carbons (Fsp3) is 0.200. The van der Waals surface area contributed by atoms with Crippen LogP contribution in [0.15, 0.2) is 66.0 Å². The van der Waals surface area contributed by atoms with Gasteiger partial charge in [0.15, 0.2) is 6.61 Å². The number of esters is 1. The van der Waals surface area contributed by atoms with Crippen LogP contribution in [0, 0.1) is 5.82 Å². The Balaban J connectivity index is 1.65. The Morgan fingerprint density at radius 3 is 2.29 bits per heavy atom. The summed E-state index contributed by atoms with van der Waals surface area (Å²) in [5.74, 6) is -1.40. The lowest BCUT2D eigenvalue weighted by Crippen LogP contribution is -2.21. The first-order chi connectivity index (χ1) is 14.7. The van der Waals surface area contributed by atoms with Crippen LogP contribution in [0.5, 0.6) is 0 Å². The van der Waals surface area contributed by atoms with E-state index in [0.717, 1.165) is 5.56 Å². The third-order valence-corrected chi connectivity index (χ3v) is 5.46. The molecule has 0 radical (unpaired) electrons. The summed E-state index contributed by atoms with van der Waals surface area (Å²) in [7, 11) is 0. The first-order valence-electron chi connectivity index (χ1n) is 9.81. The first kappa shape index (κ1) is 22.4. The largest absolute Gasteiger partial charge is 0.452 e. The quantitative estimate of drug-likeness (QED) is 0.385. The highest BCUT2D eigenvalue weighted by Crippen LogP contribution is 2.25. The Hall–Kier alpha value is -3.25. The second-order valence-electron chi connectivity index (χ2n) is 8.04. The minimum atomic E-state index is -0.620. The molecule has 0 fully saturated rings. The van der Waals surface area contributed by atoms with E-state index in [1.54, 1.807) is 24.3 Å². The molecule has 2 aromatic carbocycles. The Kier molecular flexibility index (Phi) is 7.02. The van der Waals surface area contributed by atoms with E-state index in [9.17, 15) is 14.0 Å². The van der Waals surface area contributed by atoms with Gasteiger partial charge in [0.05, 0.1) is 5.57 Å². The zero-order valence-corrected chi connectivity index (χ0v) is 18.5. The molecule has 0 aliphatic rings. The van der Waals surface area contributed by atoms with E-state index in [1.165, 1.54) is 23.5 Å². The minimum Gasteiger partial charge on any atom is -0.452 e. The van der Waals surface area contributed by atoms with Crippen LogP contribution in [0.4, 0.5) is 10.1 Å². The molecule has 0 saturated heterocycles. The zero-order chi connectivity index (χ0) is 22.4. The number of anilines is 1. The van der Waals surface area contributed by atoms with E-state index >= 15 is 0 Å². The molecule has 0 bridgehead atoms. The van der Waals surface area contributed by atoms with Crippen molar-refractivity contribution in [2.75, 3.05) is 11.9 Å². The summed E-state index contributed by atoms with van der Waals surface area (Å²) in [6, 6.07) is 17.0. The summed E-state index contributed by atoms with van der Waals surface area (Å²) in [6.45, 7) is 5.94. The molecule has 0 aliphatic carbocycles. The number of hydrogen-bond acceptors (Lipinski definition) is 4. The molecule has 1 aromatic heterocycles. The van der Waals surface area contributed by atoms with Gasteiger partial charge in [-0.2, -0.15) is 0 Å². The topological polar surface area (TPSA) is 55.4 Å². The van der Waals surface area contributed by atoms with E-state index in [0.29, 0.717) is 21.7 Å². The van der Waals surface area contributed by atoms with Crippen LogP contribution in [-0.2, 0) is 19.7 Å². The van der Waals surface area contributed by atoms with Crippen molar-refractivity contribution in [2.24, 2.45) is 0 Å². The molecule has 160 valence electrons. The molecule has 0 spiro atoms. The smallest absolute Gasteiger partial charge is 0.340 e. The molecule has 1 heterocycles. The number of carbonyl (C=O) groups is 2. The van der Waals surface area contributed by atoms with E-state index < -0.39 is 18.5 Å². The third kappa shape index (κ3) is 6.36. The van der Waals surface area contributed by atoms with Crippen molar-refractivity contribution in [2.45, 2.75) is 26.2 Å². The lowest BCUT2D eigenvalue weighted by molar-refractivity contribution is -0.141. The van der Waals surface area contributed by atoms with Gasteiger partial charge in [-0.3, -0.25) is 4.79 Å². The van der Waals surface area contributed by atoms with Gasteiger partial charge in [0.25, 0.3) is 5.91 Å². The van der Waals surface area contributed by atoms with Crippen molar-refractivity contribution in [1.82, 2.24) is 0 Å². The molecule has 0 atom stereocenters. The highest BCUT2D eigenvalue weighted by molar-refractivity contribution is 7.11. The van der Waals surface area contributed by atoms with Crippen molar-refractivity contribution < 1.29 is 18.7 Å². The molecule has 0 aliphatic heterocycles. The highest BCUT2D eigenvalue weighted by atomic mass is 32.1. The molecule has 31 heavy (non-hydrogen) atoms. The highest BCUT2D eigenvalue weighted by Gasteiger charge is 2.17. The maximum atomic E-state index is 13.2. The molecule has 3 aromatic rings. The van der Waals surface area contributed by atoms with Gasteiger partial charge in [0.2, 0.25) is 0 Å². The Bertz CT molecular complexity index is 1060. The third-order valence-electron chi connectivity index (χ3n) is 4.56. The second-order valence-corrected chi connectivity index (χ2v) is 8.99. The monoisotopic (exact) mass is 437 g/mol. The second kappa shape index (κ2) is 9.71. The van der Waals surface area contributed by atoms with Crippen molar-refractivity contribution in [1.29, 1.82) is 0 Å². The van der Waals surface area contributed by atoms with Crippen molar-refractivity contribution >= 4 is 40.5 Å². The predicted molar refractivity (Wildman–Crippen MR) is 123 cm³/mol. The Labute approximate surface area is 185 Å². The molecule has 0 saturated carbocycles. The average molecular weight is 438 g/mol. The summed E-state index contributed by atoms with van der Waals surface area (Å²) >= 11 is 1.38. The Morgan fingerprint density at radius 1 is 1.03 bits per heavy atom. The summed E-state index contributed by atoms with van der Waals surface area (Å²) in [5.41, 5.74) is 2.78. The predicted octanol–water partition coefficient (Wildman–Crippen LogP) is 5.91. The molecule has 1 N–H and O–H groups in total. The lowest BCUT2D eigenvalue weighted by Gasteiger charge is -2.19. The molecule has 0 unspecified atom stereocenters. The average Bonchev–Trinajstić information content (AvgIpc) is 3.26. The number of hydrogen-bond donors (Lipinski definition) is 1. The molecule has 6 heteroatoms. The van der Waals surface area contributed by atoms with E-state index in [2.05, 4.69) is 26.1 Å². The van der Waals surface area contributed by atoms with Crippen molar-refractivity contribution in [3.05, 3.63) is 87.9 Å². The lowest BCUT2D eigenvalue weighted by atomic mass is 9.87. The number of ether oxygens (including phenoxy) is 1. The summed E-state index contributed by atoms with van der Waals surface area (Å²) < 4.78 is 18.4. The fourth-order valence-corrected chi connectivity index (χ4v) is 3.58. The van der Waals surface area contributed by atoms with Crippen LogP contribution >= 0.6 is 11.3 Å². The van der Waals surface area contributed by atoms with Gasteiger partial charge in [-0.25, -0.2) is 9.18 Å². The van der Waals surface area contributed by atoms with E-state index in [1.807, 2.05) is 35.7 Å². The van der Waals surface area contributed by atoms with Gasteiger partial charge in [-0.1, -0.05) is 51.1 Å². The number of thiophene rings is 1. The van der Waals surface area contributed by atoms with Crippen LogP contribution in [0.25, 0.3) is 11.6 Å². The van der Waals surface area contributed by atoms with Gasteiger partial charge in [0.1, 0.15) is 5.82 Å². The van der Waals surface area contributed by atoms with Crippen molar-refractivity contribution in [3.63, 3.8) is 0 Å². The number of rotatable bonds is 6. The number of amides is 1. The minimum absolute atomic E-state index is 0.0210. The number of halogens is 1. The van der Waals surface area contributed by atoms with Crippen LogP contribution in [0.2, 0.25) is 0 Å². The van der Waals surface area contributed by atoms with Crippen LogP contribution in [0.3, 0.4) is 0 Å². The van der Waals surface area contributed by atoms with Gasteiger partial charge in [-0.15, -0.1) is 11.3 Å². The van der Waals surface area contributed by atoms with Crippen molar-refractivity contribution in [3.8, 4) is 0 Å². The summed E-state index contributed by atoms with van der Waals surface area (Å²) in [4.78, 5) is 25.6. The Morgan fingerprint density at radius 2 is 1.71 bits per heavy atom. The maximum Gasteiger partial charge on any atom is 0.340 e. The maximum absolute atomic E-state index is 13.2. The van der Waals surface area contributed by atoms with Crippen LogP contribution in [-0.4, -0.2) is 18.5 Å². The molecule has 1 amide bonds. The molecule has 3 rings (SSSR count). The fourth-order valence-electron chi connectivity index (χ4n) is 2.85. The number of benzene rings is 2. The standard InChI is InChI=1S/C25H24FNO3S/c1-25(2,3)18-8-12-20(13-9-18)27-23(28)16-30-24(29)21(22-5-4-14-31-22)15-17-6-10-19(26)11-7-17/h4-15H,16H2,1-3H3,(H,27,28).